The summed E-state index contributed by atoms with van der Waals surface area (Å²) in [7, 11) is 0. The molecule has 10 nitrogen and oxygen atoms in total. The minimum atomic E-state index is -4.84. The molecule has 15 heteroatoms. The Morgan fingerprint density at radius 1 is 1.19 bits per heavy atom. The second-order valence-corrected chi connectivity index (χ2v) is 12.9. The van der Waals surface area contributed by atoms with Crippen LogP contribution in [0.1, 0.15) is 39.9 Å². The zero-order valence-corrected chi connectivity index (χ0v) is 26.6. The minimum Gasteiger partial charge on any atom is -0.491 e. The number of aliphatic hydroxyl groups is 1. The van der Waals surface area contributed by atoms with E-state index in [-0.39, 0.29) is 48.5 Å². The second kappa shape index (κ2) is 11.5. The zero-order valence-electron chi connectivity index (χ0n) is 25.1. The third kappa shape index (κ3) is 5.75. The van der Waals surface area contributed by atoms with Crippen LogP contribution in [0.5, 0.6) is 5.75 Å². The van der Waals surface area contributed by atoms with Gasteiger partial charge in [-0.2, -0.15) is 18.4 Å². The molecule has 0 spiro atoms. The average molecular weight is 684 g/mol. The predicted molar refractivity (Wildman–Crippen MR) is 171 cm³/mol. The quantitative estimate of drug-likeness (QED) is 0.206. The van der Waals surface area contributed by atoms with Gasteiger partial charge in [-0.1, -0.05) is 11.6 Å². The molecule has 0 amide bonds. The first-order chi connectivity index (χ1) is 22.1. The summed E-state index contributed by atoms with van der Waals surface area (Å²) in [5.41, 5.74) is -2.06. The first-order valence-corrected chi connectivity index (χ1v) is 15.4. The first kappa shape index (κ1) is 32.2. The molecular weight excluding hydrogens is 659 g/mol. The third-order valence-electron chi connectivity index (χ3n) is 7.89. The number of nitrogens with zero attached hydrogens (tertiary/aromatic N) is 5. The number of hydrogen-bond acceptors (Lipinski definition) is 9. The lowest BCUT2D eigenvalue weighted by Crippen LogP contribution is -2.60. The number of rotatable bonds is 7. The van der Waals surface area contributed by atoms with Gasteiger partial charge in [-0.25, -0.2) is 9.78 Å². The summed E-state index contributed by atoms with van der Waals surface area (Å²) in [5.74, 6) is -0.610. The summed E-state index contributed by atoms with van der Waals surface area (Å²) in [4.78, 5) is 35.5. The zero-order chi connectivity index (χ0) is 34.0. The number of alkyl halides is 3. The lowest BCUT2D eigenvalue weighted by molar-refractivity contribution is -0.137. The van der Waals surface area contributed by atoms with E-state index in [1.165, 1.54) is 40.0 Å². The Labute approximate surface area is 273 Å². The number of hydrogen-bond donors (Lipinski definition) is 2. The highest BCUT2D eigenvalue weighted by Crippen LogP contribution is 2.44. The van der Waals surface area contributed by atoms with Crippen molar-refractivity contribution in [2.75, 3.05) is 24.6 Å². The Morgan fingerprint density at radius 2 is 1.91 bits per heavy atom. The number of aryl methyl sites for hydroxylation is 2. The monoisotopic (exact) mass is 683 g/mol. The Bertz CT molecular complexity index is 2220. The van der Waals surface area contributed by atoms with Crippen molar-refractivity contribution in [3.63, 3.8) is 0 Å². The number of carboxylic acids is 1. The summed E-state index contributed by atoms with van der Waals surface area (Å²) in [5, 5.41) is 31.5. The summed E-state index contributed by atoms with van der Waals surface area (Å²) in [6.45, 7) is 4.25. The normalized spacial score (nSPS) is 14.3. The smallest absolute Gasteiger partial charge is 0.418 e. The van der Waals surface area contributed by atoms with Gasteiger partial charge in [0.1, 0.15) is 24.3 Å². The van der Waals surface area contributed by atoms with E-state index in [0.717, 1.165) is 6.07 Å². The number of β-amino-alcohol motifs (C(OH)–C–C–N with tert-alkyl or cyclic N) is 1. The summed E-state index contributed by atoms with van der Waals surface area (Å²) < 4.78 is 50.5. The van der Waals surface area contributed by atoms with Gasteiger partial charge in [0, 0.05) is 40.3 Å². The summed E-state index contributed by atoms with van der Waals surface area (Å²) in [6.07, 6.45) is -4.84. The van der Waals surface area contributed by atoms with E-state index in [1.54, 1.807) is 37.3 Å². The molecule has 0 saturated carbocycles. The highest BCUT2D eigenvalue weighted by Gasteiger charge is 2.44. The van der Waals surface area contributed by atoms with Crippen molar-refractivity contribution in [2.45, 2.75) is 39.1 Å². The molecule has 4 heterocycles. The number of pyridine rings is 1. The molecule has 3 aromatic heterocycles. The van der Waals surface area contributed by atoms with Gasteiger partial charge < -0.3 is 19.8 Å². The van der Waals surface area contributed by atoms with E-state index in [4.69, 9.17) is 16.3 Å². The molecular formula is C32H25ClF3N5O5S. The van der Waals surface area contributed by atoms with Gasteiger partial charge in [0.25, 0.3) is 5.56 Å². The van der Waals surface area contributed by atoms with Gasteiger partial charge in [-0.15, -0.1) is 11.3 Å². The Kier molecular flexibility index (Phi) is 7.90. The maximum absolute atomic E-state index is 14.2. The second-order valence-electron chi connectivity index (χ2n) is 11.6. The first-order valence-electron chi connectivity index (χ1n) is 14.2. The molecule has 5 aromatic rings. The van der Waals surface area contributed by atoms with Crippen molar-refractivity contribution in [1.29, 1.82) is 5.26 Å². The SMILES string of the molecule is Cc1cc(-c2cc(Cl)ccc2OCCn2c(C)nc3cc(C(F)(F)F)c(N4CC(C)(O)C4)c(C#N)c3c2=O)c2scc(C(=O)O)c2n1. The van der Waals surface area contributed by atoms with Crippen LogP contribution in [0, 0.1) is 25.2 Å². The van der Waals surface area contributed by atoms with Crippen molar-refractivity contribution in [2.24, 2.45) is 0 Å². The van der Waals surface area contributed by atoms with Crippen LogP contribution in [0.25, 0.3) is 32.2 Å². The van der Waals surface area contributed by atoms with E-state index in [0.29, 0.717) is 37.8 Å². The predicted octanol–water partition coefficient (Wildman–Crippen LogP) is 6.18. The largest absolute Gasteiger partial charge is 0.491 e. The van der Waals surface area contributed by atoms with E-state index in [9.17, 15) is 38.2 Å². The number of halogens is 4. The topological polar surface area (TPSA) is 142 Å². The summed E-state index contributed by atoms with van der Waals surface area (Å²) in [6, 6.07) is 9.28. The third-order valence-corrected chi connectivity index (χ3v) is 9.13. The highest BCUT2D eigenvalue weighted by atomic mass is 35.5. The van der Waals surface area contributed by atoms with Gasteiger partial charge in [-0.05, 0) is 51.1 Å². The van der Waals surface area contributed by atoms with Crippen LogP contribution in [0.4, 0.5) is 18.9 Å². The van der Waals surface area contributed by atoms with Crippen LogP contribution >= 0.6 is 22.9 Å². The van der Waals surface area contributed by atoms with Gasteiger partial charge in [-0.3, -0.25) is 14.3 Å². The van der Waals surface area contributed by atoms with Gasteiger partial charge in [0.15, 0.2) is 0 Å². The molecule has 1 aliphatic rings. The fourth-order valence-electron chi connectivity index (χ4n) is 5.90. The molecule has 0 aliphatic carbocycles. The van der Waals surface area contributed by atoms with Crippen LogP contribution < -0.4 is 15.2 Å². The lowest BCUT2D eigenvalue weighted by Gasteiger charge is -2.46. The molecule has 0 unspecified atom stereocenters. The molecule has 1 fully saturated rings. The molecule has 0 bridgehead atoms. The Hall–Kier alpha value is -4.71. The number of benzene rings is 2. The van der Waals surface area contributed by atoms with Crippen LogP contribution in [0.2, 0.25) is 5.02 Å². The minimum absolute atomic E-state index is 0.0672. The number of aromatic carboxylic acids is 1. The fraction of sp³-hybridized carbons (Fsp3) is 0.281. The molecule has 47 heavy (non-hydrogen) atoms. The van der Waals surface area contributed by atoms with E-state index in [2.05, 4.69) is 9.97 Å². The van der Waals surface area contributed by atoms with Crippen molar-refractivity contribution in [1.82, 2.24) is 14.5 Å². The van der Waals surface area contributed by atoms with Crippen LogP contribution in [0.3, 0.4) is 0 Å². The number of carboxylic acid groups (broad SMARTS) is 1. The molecule has 0 atom stereocenters. The maximum atomic E-state index is 14.2. The van der Waals surface area contributed by atoms with Crippen molar-refractivity contribution in [3.8, 4) is 22.9 Å². The fourth-order valence-corrected chi connectivity index (χ4v) is 7.09. The molecule has 1 aliphatic heterocycles. The molecule has 6 rings (SSSR count). The summed E-state index contributed by atoms with van der Waals surface area (Å²) >= 11 is 7.56. The molecule has 2 aromatic carbocycles. The highest BCUT2D eigenvalue weighted by molar-refractivity contribution is 7.18. The van der Waals surface area contributed by atoms with Gasteiger partial charge in [0.05, 0.1) is 55.6 Å². The number of fused-ring (bicyclic) bond motifs is 2. The number of nitriles is 1. The number of carbonyl (C=O) groups is 1. The number of thiophene rings is 1. The molecule has 242 valence electrons. The van der Waals surface area contributed by atoms with E-state index in [1.807, 2.05) is 0 Å². The van der Waals surface area contributed by atoms with Crippen molar-refractivity contribution >= 4 is 55.7 Å². The number of anilines is 1. The Balaban J connectivity index is 1.38. The van der Waals surface area contributed by atoms with Crippen LogP contribution in [-0.2, 0) is 12.7 Å². The lowest BCUT2D eigenvalue weighted by atomic mass is 9.92. The number of aromatic nitrogens is 3. The van der Waals surface area contributed by atoms with E-state index < -0.39 is 40.1 Å². The van der Waals surface area contributed by atoms with Gasteiger partial charge in [0.2, 0.25) is 0 Å². The van der Waals surface area contributed by atoms with E-state index >= 15 is 0 Å². The molecule has 2 N–H and O–H groups in total. The maximum Gasteiger partial charge on any atom is 0.418 e. The van der Waals surface area contributed by atoms with Crippen molar-refractivity contribution < 1.29 is 32.9 Å². The van der Waals surface area contributed by atoms with Crippen LogP contribution in [-0.4, -0.2) is 56.0 Å². The molecule has 0 radical (unpaired) electrons. The van der Waals surface area contributed by atoms with Crippen molar-refractivity contribution in [3.05, 3.63) is 79.3 Å². The average Bonchev–Trinajstić information content (AvgIpc) is 3.40. The van der Waals surface area contributed by atoms with Crippen LogP contribution in [0.15, 0.2) is 40.5 Å². The standard InChI is InChI=1S/C32H25ClF3N5O5S/c1-15-8-19(28-26(38-15)21(12-47-28)30(43)44)18-9-17(33)4-5-24(18)46-7-6-41-16(2)39-23-10-22(32(34,35)36)27(40-13-31(3,45)14-40)20(11-37)25(23)29(41)42/h4-5,8-10,12,45H,6-7,13-14H2,1-3H3,(H,43,44). The molecule has 1 saturated heterocycles. The Morgan fingerprint density at radius 3 is 2.55 bits per heavy atom. The number of ether oxygens (including phenoxy) is 1. The van der Waals surface area contributed by atoms with Gasteiger partial charge >= 0.3 is 12.1 Å².